The highest BCUT2D eigenvalue weighted by atomic mass is 32.2. The van der Waals surface area contributed by atoms with Gasteiger partial charge in [0.25, 0.3) is 0 Å². The van der Waals surface area contributed by atoms with Gasteiger partial charge >= 0.3 is 5.97 Å². The zero-order valence-electron chi connectivity index (χ0n) is 24.1. The van der Waals surface area contributed by atoms with Crippen LogP contribution in [0.4, 0.5) is 10.2 Å². The molecule has 0 aromatic carbocycles. The average Bonchev–Trinajstić information content (AvgIpc) is 3.64. The van der Waals surface area contributed by atoms with Crippen LogP contribution in [-0.2, 0) is 6.42 Å². The Kier molecular flexibility index (Phi) is 11.1. The molecule has 0 amide bonds. The summed E-state index contributed by atoms with van der Waals surface area (Å²) in [5.41, 5.74) is 2.12. The van der Waals surface area contributed by atoms with Crippen LogP contribution in [0.1, 0.15) is 101 Å². The van der Waals surface area contributed by atoms with Crippen LogP contribution in [0.5, 0.6) is 0 Å². The van der Waals surface area contributed by atoms with E-state index in [9.17, 15) is 14.3 Å². The van der Waals surface area contributed by atoms with Gasteiger partial charge in [0.2, 0.25) is 0 Å². The number of nitrogens with zero attached hydrogens (tertiary/aromatic N) is 5. The first-order valence-corrected chi connectivity index (χ1v) is 14.8. The van der Waals surface area contributed by atoms with Gasteiger partial charge in [-0.1, -0.05) is 52.0 Å². The second-order valence-electron chi connectivity index (χ2n) is 10.9. The van der Waals surface area contributed by atoms with Crippen LogP contribution in [0, 0.1) is 11.7 Å². The first-order valence-electron chi connectivity index (χ1n) is 14.0. The number of hydrogen-bond acceptors (Lipinski definition) is 7. The number of carboxylic acid groups (broad SMARTS) is 1. The quantitative estimate of drug-likeness (QED) is 0.233. The maximum Gasteiger partial charge on any atom is 0.341 e. The van der Waals surface area contributed by atoms with Gasteiger partial charge in [0.1, 0.15) is 17.2 Å². The van der Waals surface area contributed by atoms with Gasteiger partial charge in [0.05, 0.1) is 18.4 Å². The van der Waals surface area contributed by atoms with Crippen molar-refractivity contribution >= 4 is 29.4 Å². The molecule has 10 heteroatoms. The Morgan fingerprint density at radius 2 is 1.95 bits per heavy atom. The molecule has 2 unspecified atom stereocenters. The second-order valence-corrected chi connectivity index (χ2v) is 12.6. The van der Waals surface area contributed by atoms with Crippen molar-refractivity contribution in [3.05, 3.63) is 53.4 Å². The topological polar surface area (TPSA) is 95.7 Å². The maximum atomic E-state index is 14.3. The third kappa shape index (κ3) is 8.89. The summed E-state index contributed by atoms with van der Waals surface area (Å²) >= 11 is 1.71. The van der Waals surface area contributed by atoms with E-state index in [1.54, 1.807) is 24.2 Å². The van der Waals surface area contributed by atoms with Crippen molar-refractivity contribution in [2.45, 2.75) is 90.9 Å². The summed E-state index contributed by atoms with van der Waals surface area (Å²) in [5.74, 6) is -0.399. The summed E-state index contributed by atoms with van der Waals surface area (Å²) in [6, 6.07) is 3.34. The van der Waals surface area contributed by atoms with Crippen LogP contribution in [0.2, 0.25) is 0 Å². The van der Waals surface area contributed by atoms with Gasteiger partial charge < -0.3 is 10.0 Å². The van der Waals surface area contributed by atoms with Crippen molar-refractivity contribution < 1.29 is 14.3 Å². The molecule has 5 rings (SSSR count). The normalized spacial score (nSPS) is 18.3. The highest BCUT2D eigenvalue weighted by Crippen LogP contribution is 2.39. The third-order valence-electron chi connectivity index (χ3n) is 6.14. The number of carbonyl (C=O) groups is 1. The number of pyridine rings is 1. The molecule has 1 saturated carbocycles. The van der Waals surface area contributed by atoms with Crippen LogP contribution < -0.4 is 9.62 Å². The monoisotopic (exact) mass is 558 g/mol. The summed E-state index contributed by atoms with van der Waals surface area (Å²) in [7, 11) is 0. The van der Waals surface area contributed by atoms with Crippen LogP contribution in [-0.4, -0.2) is 48.5 Å². The molecule has 1 aliphatic heterocycles. The molecule has 8 nitrogen and oxygen atoms in total. The summed E-state index contributed by atoms with van der Waals surface area (Å²) in [6.07, 6.45) is 11.3. The number of aryl methyl sites for hydroxylation is 1. The van der Waals surface area contributed by atoms with E-state index in [2.05, 4.69) is 52.4 Å². The standard InChI is InChI=1S/C24H31FN6O2S.C3H6.C2H6/c1-15-10-20(17-11-16(25)12-26-19(17)6-5-8-28-34-24(2,3)4)30(14-15)21-7-9-31-22(29-21)18(13-27-31)23(32)33;1-2-3-1;1-2/h7,9,11-13,15,20,28H,5-6,8,10,14H2,1-4H3,(H,32,33);1-3H2;1-2H3. The summed E-state index contributed by atoms with van der Waals surface area (Å²) in [6.45, 7) is 14.2. The number of halogens is 1. The fraction of sp³-hybridized carbons (Fsp3) is 0.586. The Labute approximate surface area is 235 Å². The number of nitrogens with one attached hydrogen (secondary N) is 1. The van der Waals surface area contributed by atoms with Gasteiger partial charge in [-0.05, 0) is 63.6 Å². The zero-order valence-corrected chi connectivity index (χ0v) is 24.9. The molecule has 4 heterocycles. The Bertz CT molecular complexity index is 1220. The molecule has 0 radical (unpaired) electrons. The van der Waals surface area contributed by atoms with Crippen molar-refractivity contribution in [3.63, 3.8) is 0 Å². The lowest BCUT2D eigenvalue weighted by molar-refractivity contribution is 0.0698. The number of rotatable bonds is 8. The van der Waals surface area contributed by atoms with E-state index in [4.69, 9.17) is 0 Å². The first kappa shape index (κ1) is 30.8. The number of carboxylic acids is 1. The first-order chi connectivity index (χ1) is 18.6. The highest BCUT2D eigenvalue weighted by Gasteiger charge is 2.34. The summed E-state index contributed by atoms with van der Waals surface area (Å²) in [4.78, 5) is 22.8. The lowest BCUT2D eigenvalue weighted by Crippen LogP contribution is -2.26. The summed E-state index contributed by atoms with van der Waals surface area (Å²) in [5, 5.41) is 13.5. The minimum absolute atomic E-state index is 0.0550. The summed E-state index contributed by atoms with van der Waals surface area (Å²) < 4.78 is 19.3. The van der Waals surface area contributed by atoms with Crippen LogP contribution in [0.15, 0.2) is 30.7 Å². The minimum atomic E-state index is -1.07. The SMILES string of the molecule is C1CC1.CC.CC1CC(c2cc(F)cnc2CCCNSC(C)(C)C)N(c2ccn3ncc(C(=O)O)c3n2)C1. The second kappa shape index (κ2) is 14.1. The van der Waals surface area contributed by atoms with Gasteiger partial charge in [-0.3, -0.25) is 9.71 Å². The van der Waals surface area contributed by atoms with Crippen molar-refractivity contribution in [3.8, 4) is 0 Å². The molecule has 2 aliphatic rings. The van der Waals surface area contributed by atoms with Gasteiger partial charge in [-0.15, -0.1) is 0 Å². The van der Waals surface area contributed by atoms with Crippen LogP contribution in [0.25, 0.3) is 5.65 Å². The van der Waals surface area contributed by atoms with Crippen molar-refractivity contribution in [2.24, 2.45) is 5.92 Å². The third-order valence-corrected chi connectivity index (χ3v) is 7.10. The van der Waals surface area contributed by atoms with Crippen LogP contribution in [0.3, 0.4) is 0 Å². The van der Waals surface area contributed by atoms with Crippen molar-refractivity contribution in [1.82, 2.24) is 24.3 Å². The van der Waals surface area contributed by atoms with E-state index in [0.717, 1.165) is 43.6 Å². The molecular weight excluding hydrogens is 515 g/mol. The van der Waals surface area contributed by atoms with Gasteiger partial charge in [0.15, 0.2) is 5.65 Å². The molecule has 214 valence electrons. The number of aromatic nitrogens is 4. The fourth-order valence-electron chi connectivity index (χ4n) is 4.34. The van der Waals surface area contributed by atoms with Gasteiger partial charge in [-0.2, -0.15) is 5.10 Å². The minimum Gasteiger partial charge on any atom is -0.477 e. The number of aromatic carboxylic acids is 1. The molecule has 3 aromatic heterocycles. The van der Waals surface area contributed by atoms with E-state index in [1.165, 1.54) is 36.2 Å². The fourth-order valence-corrected chi connectivity index (χ4v) is 5.02. The van der Waals surface area contributed by atoms with Crippen LogP contribution >= 0.6 is 11.9 Å². The lowest BCUT2D eigenvalue weighted by atomic mass is 9.97. The van der Waals surface area contributed by atoms with Gasteiger partial charge in [0, 0.05) is 29.7 Å². The molecule has 0 spiro atoms. The van der Waals surface area contributed by atoms with E-state index in [1.807, 2.05) is 19.9 Å². The Hall–Kier alpha value is -2.72. The highest BCUT2D eigenvalue weighted by molar-refractivity contribution is 7.98. The molecule has 2 N–H and O–H groups in total. The van der Waals surface area contributed by atoms with E-state index < -0.39 is 5.97 Å². The smallest absolute Gasteiger partial charge is 0.341 e. The lowest BCUT2D eigenvalue weighted by Gasteiger charge is -2.27. The number of hydrogen-bond donors (Lipinski definition) is 2. The van der Waals surface area contributed by atoms with Crippen molar-refractivity contribution in [2.75, 3.05) is 18.0 Å². The number of fused-ring (bicyclic) bond motifs is 1. The van der Waals surface area contributed by atoms with Gasteiger partial charge in [-0.25, -0.2) is 18.7 Å². The predicted octanol–water partition coefficient (Wildman–Crippen LogP) is 6.71. The Morgan fingerprint density at radius 3 is 2.59 bits per heavy atom. The molecule has 3 aromatic rings. The molecule has 2 fully saturated rings. The molecule has 0 bridgehead atoms. The molecular formula is C29H43FN6O2S. The molecule has 1 aliphatic carbocycles. The predicted molar refractivity (Wildman–Crippen MR) is 157 cm³/mol. The largest absolute Gasteiger partial charge is 0.477 e. The molecule has 1 saturated heterocycles. The van der Waals surface area contributed by atoms with E-state index in [0.29, 0.717) is 17.4 Å². The molecule has 2 atom stereocenters. The average molecular weight is 559 g/mol. The zero-order chi connectivity index (χ0) is 28.6. The Balaban J connectivity index is 0.000000770. The number of anilines is 1. The van der Waals surface area contributed by atoms with E-state index >= 15 is 0 Å². The van der Waals surface area contributed by atoms with E-state index in [-0.39, 0.29) is 22.2 Å². The Morgan fingerprint density at radius 1 is 1.23 bits per heavy atom. The molecule has 39 heavy (non-hydrogen) atoms. The maximum absolute atomic E-state index is 14.3. The van der Waals surface area contributed by atoms with Crippen molar-refractivity contribution in [1.29, 1.82) is 0 Å².